The number of carbonyl (C=O) groups excluding carboxylic acids is 4. The van der Waals surface area contributed by atoms with E-state index >= 15 is 0 Å². The van der Waals surface area contributed by atoms with Crippen LogP contribution in [0.15, 0.2) is 60.0 Å². The van der Waals surface area contributed by atoms with Crippen molar-refractivity contribution >= 4 is 34.9 Å². The number of hydrazine groups is 1. The van der Waals surface area contributed by atoms with Crippen molar-refractivity contribution in [3.63, 3.8) is 0 Å². The Labute approximate surface area is 183 Å². The van der Waals surface area contributed by atoms with Crippen molar-refractivity contribution in [2.75, 3.05) is 6.61 Å². The first kappa shape index (κ1) is 21.9. The highest BCUT2D eigenvalue weighted by molar-refractivity contribution is 7.12. The lowest BCUT2D eigenvalue weighted by molar-refractivity contribution is -0.125. The standard InChI is InChI=1S/C23H20N2O5S/c1-14-9-10-15(2)18(12-14)21(27)16-6-3-4-7-17(16)23(29)30-13-20(26)24-25-22(28)19-8-5-11-31-19/h3-12H,13H2,1-2H3,(H,24,26)(H,25,28). The molecule has 3 aromatic rings. The Morgan fingerprint density at radius 1 is 0.871 bits per heavy atom. The van der Waals surface area contributed by atoms with Crippen molar-refractivity contribution in [2.45, 2.75) is 13.8 Å². The number of aryl methyl sites for hydroxylation is 2. The van der Waals surface area contributed by atoms with Crippen LogP contribution in [-0.4, -0.2) is 30.2 Å². The molecule has 0 fully saturated rings. The van der Waals surface area contributed by atoms with Gasteiger partial charge < -0.3 is 4.74 Å². The van der Waals surface area contributed by atoms with E-state index in [1.54, 1.807) is 41.8 Å². The van der Waals surface area contributed by atoms with Crippen molar-refractivity contribution in [3.8, 4) is 0 Å². The predicted octanol–water partition coefficient (Wildman–Crippen LogP) is 3.21. The van der Waals surface area contributed by atoms with Gasteiger partial charge in [0.2, 0.25) is 0 Å². The van der Waals surface area contributed by atoms with Gasteiger partial charge in [-0.05, 0) is 43.0 Å². The lowest BCUT2D eigenvalue weighted by Gasteiger charge is -2.11. The summed E-state index contributed by atoms with van der Waals surface area (Å²) in [6.07, 6.45) is 0. The molecule has 0 saturated carbocycles. The number of nitrogens with one attached hydrogen (secondary N) is 2. The van der Waals surface area contributed by atoms with Gasteiger partial charge in [-0.2, -0.15) is 0 Å². The Balaban J connectivity index is 1.64. The van der Waals surface area contributed by atoms with E-state index in [4.69, 9.17) is 4.74 Å². The average Bonchev–Trinajstić information content (AvgIpc) is 3.32. The molecule has 0 atom stereocenters. The van der Waals surface area contributed by atoms with Crippen LogP contribution in [0.1, 0.15) is 47.1 Å². The summed E-state index contributed by atoms with van der Waals surface area (Å²) in [6.45, 7) is 3.09. The fraction of sp³-hybridized carbons (Fsp3) is 0.130. The molecule has 1 heterocycles. The van der Waals surface area contributed by atoms with Crippen LogP contribution in [0.2, 0.25) is 0 Å². The highest BCUT2D eigenvalue weighted by Crippen LogP contribution is 2.19. The molecule has 0 aliphatic carbocycles. The van der Waals surface area contributed by atoms with Crippen molar-refractivity contribution in [3.05, 3.63) is 92.7 Å². The van der Waals surface area contributed by atoms with Crippen molar-refractivity contribution in [1.82, 2.24) is 10.9 Å². The summed E-state index contributed by atoms with van der Waals surface area (Å²) < 4.78 is 5.04. The number of ether oxygens (including phenoxy) is 1. The predicted molar refractivity (Wildman–Crippen MR) is 116 cm³/mol. The summed E-state index contributed by atoms with van der Waals surface area (Å²) in [5, 5.41) is 1.73. The molecule has 8 heteroatoms. The maximum absolute atomic E-state index is 13.0. The molecule has 2 amide bonds. The summed E-state index contributed by atoms with van der Waals surface area (Å²) in [5.74, 6) is -2.30. The molecule has 2 N–H and O–H groups in total. The second kappa shape index (κ2) is 9.82. The van der Waals surface area contributed by atoms with Crippen LogP contribution < -0.4 is 10.9 Å². The van der Waals surface area contributed by atoms with Gasteiger partial charge in [-0.1, -0.05) is 42.0 Å². The molecule has 0 radical (unpaired) electrons. The fourth-order valence-corrected chi connectivity index (χ4v) is 3.44. The average molecular weight is 436 g/mol. The summed E-state index contributed by atoms with van der Waals surface area (Å²) in [7, 11) is 0. The van der Waals surface area contributed by atoms with E-state index < -0.39 is 24.4 Å². The highest BCUT2D eigenvalue weighted by Gasteiger charge is 2.21. The maximum atomic E-state index is 13.0. The minimum absolute atomic E-state index is 0.0591. The number of benzene rings is 2. The second-order valence-corrected chi connectivity index (χ2v) is 7.70. The maximum Gasteiger partial charge on any atom is 0.339 e. The molecular formula is C23H20N2O5S. The molecule has 0 unspecified atom stereocenters. The van der Waals surface area contributed by atoms with E-state index in [1.165, 1.54) is 17.4 Å². The summed E-state index contributed by atoms with van der Waals surface area (Å²) in [6, 6.07) is 15.1. The Kier molecular flexibility index (Phi) is 6.94. The van der Waals surface area contributed by atoms with Gasteiger partial charge in [0.1, 0.15) is 0 Å². The topological polar surface area (TPSA) is 102 Å². The summed E-state index contributed by atoms with van der Waals surface area (Å²) in [4.78, 5) is 49.7. The minimum atomic E-state index is -0.811. The van der Waals surface area contributed by atoms with Gasteiger partial charge in [-0.25, -0.2) is 4.79 Å². The van der Waals surface area contributed by atoms with E-state index in [-0.39, 0.29) is 16.9 Å². The number of ketones is 1. The number of hydrogen-bond acceptors (Lipinski definition) is 6. The molecule has 0 bridgehead atoms. The first-order chi connectivity index (χ1) is 14.9. The number of carbonyl (C=O) groups is 4. The van der Waals surface area contributed by atoms with Gasteiger partial charge in [0.25, 0.3) is 11.8 Å². The molecule has 0 saturated heterocycles. The van der Waals surface area contributed by atoms with Gasteiger partial charge in [-0.3, -0.25) is 25.2 Å². The molecular weight excluding hydrogens is 416 g/mol. The molecule has 3 rings (SSSR count). The zero-order chi connectivity index (χ0) is 22.4. The highest BCUT2D eigenvalue weighted by atomic mass is 32.1. The Hall–Kier alpha value is -3.78. The Bertz CT molecular complexity index is 1140. The molecule has 0 aliphatic heterocycles. The zero-order valence-corrected chi connectivity index (χ0v) is 17.7. The van der Waals surface area contributed by atoms with Gasteiger partial charge in [0, 0.05) is 11.1 Å². The largest absolute Gasteiger partial charge is 0.452 e. The van der Waals surface area contributed by atoms with Crippen LogP contribution in [0, 0.1) is 13.8 Å². The molecule has 7 nitrogen and oxygen atoms in total. The number of esters is 1. The first-order valence-electron chi connectivity index (χ1n) is 9.37. The smallest absolute Gasteiger partial charge is 0.339 e. The van der Waals surface area contributed by atoms with Crippen molar-refractivity contribution in [1.29, 1.82) is 0 Å². The Morgan fingerprint density at radius 2 is 1.61 bits per heavy atom. The number of hydrogen-bond donors (Lipinski definition) is 2. The fourth-order valence-electron chi connectivity index (χ4n) is 2.83. The lowest BCUT2D eigenvalue weighted by Crippen LogP contribution is -2.43. The third-order valence-electron chi connectivity index (χ3n) is 4.42. The van der Waals surface area contributed by atoms with Crippen LogP contribution in [0.5, 0.6) is 0 Å². The molecule has 0 spiro atoms. The van der Waals surface area contributed by atoms with E-state index in [0.717, 1.165) is 11.1 Å². The number of thiophene rings is 1. The zero-order valence-electron chi connectivity index (χ0n) is 16.9. The van der Waals surface area contributed by atoms with Gasteiger partial charge in [-0.15, -0.1) is 11.3 Å². The lowest BCUT2D eigenvalue weighted by atomic mass is 9.94. The van der Waals surface area contributed by atoms with E-state index in [9.17, 15) is 19.2 Å². The SMILES string of the molecule is Cc1ccc(C)c(C(=O)c2ccccc2C(=O)OCC(=O)NNC(=O)c2cccs2)c1. The van der Waals surface area contributed by atoms with Gasteiger partial charge in [0.05, 0.1) is 10.4 Å². The molecule has 0 aliphatic rings. The monoisotopic (exact) mass is 436 g/mol. The Morgan fingerprint density at radius 3 is 2.32 bits per heavy atom. The summed E-state index contributed by atoms with van der Waals surface area (Å²) in [5.41, 5.74) is 6.87. The van der Waals surface area contributed by atoms with Crippen LogP contribution >= 0.6 is 11.3 Å². The van der Waals surface area contributed by atoms with Crippen LogP contribution in [0.4, 0.5) is 0 Å². The molecule has 31 heavy (non-hydrogen) atoms. The minimum Gasteiger partial charge on any atom is -0.452 e. The third kappa shape index (κ3) is 5.43. The number of amides is 2. The van der Waals surface area contributed by atoms with Gasteiger partial charge >= 0.3 is 5.97 Å². The van der Waals surface area contributed by atoms with Crippen molar-refractivity contribution < 1.29 is 23.9 Å². The quantitative estimate of drug-likeness (QED) is 0.351. The van der Waals surface area contributed by atoms with E-state index in [0.29, 0.717) is 10.4 Å². The normalized spacial score (nSPS) is 10.3. The molecule has 1 aromatic heterocycles. The first-order valence-corrected chi connectivity index (χ1v) is 10.3. The third-order valence-corrected chi connectivity index (χ3v) is 5.29. The van der Waals surface area contributed by atoms with E-state index in [1.807, 2.05) is 26.0 Å². The molecule has 2 aromatic carbocycles. The number of rotatable bonds is 6. The summed E-state index contributed by atoms with van der Waals surface area (Å²) >= 11 is 1.22. The van der Waals surface area contributed by atoms with Crippen molar-refractivity contribution in [2.24, 2.45) is 0 Å². The van der Waals surface area contributed by atoms with Crippen LogP contribution in [0.25, 0.3) is 0 Å². The second-order valence-electron chi connectivity index (χ2n) is 6.75. The van der Waals surface area contributed by atoms with Crippen LogP contribution in [-0.2, 0) is 9.53 Å². The molecule has 158 valence electrons. The van der Waals surface area contributed by atoms with Gasteiger partial charge in [0.15, 0.2) is 12.4 Å². The van der Waals surface area contributed by atoms with E-state index in [2.05, 4.69) is 10.9 Å². The van der Waals surface area contributed by atoms with Crippen LogP contribution in [0.3, 0.4) is 0 Å².